The SMILES string of the molecule is CC(C)(Cc1cccc(CC(=O)NCc2ccccn2)c1)NC[C@H](O)c1ccc(O)c(CO)c1. The highest BCUT2D eigenvalue weighted by Gasteiger charge is 2.20. The number of carbonyl (C=O) groups excluding carboxylic acids is 1. The van der Waals surface area contributed by atoms with Gasteiger partial charge < -0.3 is 26.0 Å². The van der Waals surface area contributed by atoms with Crippen molar-refractivity contribution < 1.29 is 20.1 Å². The first kappa shape index (κ1) is 25.4. The number of rotatable bonds is 11. The molecule has 0 saturated carbocycles. The van der Waals surface area contributed by atoms with Gasteiger partial charge in [0.2, 0.25) is 5.91 Å². The van der Waals surface area contributed by atoms with Crippen LogP contribution < -0.4 is 10.6 Å². The zero-order valence-corrected chi connectivity index (χ0v) is 19.7. The monoisotopic (exact) mass is 463 g/mol. The topological polar surface area (TPSA) is 115 Å². The van der Waals surface area contributed by atoms with E-state index < -0.39 is 6.10 Å². The minimum atomic E-state index is -0.778. The second kappa shape index (κ2) is 11.7. The molecule has 0 fully saturated rings. The number of aromatic nitrogens is 1. The smallest absolute Gasteiger partial charge is 0.224 e. The van der Waals surface area contributed by atoms with Gasteiger partial charge in [0.1, 0.15) is 5.75 Å². The first-order valence-electron chi connectivity index (χ1n) is 11.4. The number of nitrogens with one attached hydrogen (secondary N) is 2. The van der Waals surface area contributed by atoms with Crippen LogP contribution in [-0.4, -0.2) is 38.3 Å². The van der Waals surface area contributed by atoms with Gasteiger partial charge in [-0.2, -0.15) is 0 Å². The van der Waals surface area contributed by atoms with E-state index in [1.807, 2.05) is 42.5 Å². The van der Waals surface area contributed by atoms with Gasteiger partial charge in [0.15, 0.2) is 0 Å². The minimum Gasteiger partial charge on any atom is -0.508 e. The number of hydrogen-bond donors (Lipinski definition) is 5. The van der Waals surface area contributed by atoms with Crippen molar-refractivity contribution in [3.8, 4) is 5.75 Å². The van der Waals surface area contributed by atoms with E-state index in [9.17, 15) is 20.1 Å². The Balaban J connectivity index is 1.53. The van der Waals surface area contributed by atoms with Crippen molar-refractivity contribution in [1.82, 2.24) is 15.6 Å². The average Bonchev–Trinajstić information content (AvgIpc) is 2.82. The molecular weight excluding hydrogens is 430 g/mol. The molecule has 0 unspecified atom stereocenters. The molecule has 0 saturated heterocycles. The number of hydrogen-bond acceptors (Lipinski definition) is 6. The lowest BCUT2D eigenvalue weighted by atomic mass is 9.93. The Hall–Kier alpha value is -3.26. The summed E-state index contributed by atoms with van der Waals surface area (Å²) in [6.45, 7) is 4.55. The Morgan fingerprint density at radius 1 is 1.06 bits per heavy atom. The van der Waals surface area contributed by atoms with Gasteiger partial charge in [0.05, 0.1) is 31.4 Å². The molecule has 2 aromatic carbocycles. The Labute approximate surface area is 200 Å². The van der Waals surface area contributed by atoms with Gasteiger partial charge in [-0.25, -0.2) is 0 Å². The summed E-state index contributed by atoms with van der Waals surface area (Å²) in [5, 5.41) is 35.9. The standard InChI is InChI=1S/C27H33N3O4/c1-27(2,30-17-25(33)21-9-10-24(32)22(14-21)18-31)15-20-7-5-6-19(12-20)13-26(34)29-16-23-8-3-4-11-28-23/h3-12,14,25,30-33H,13,15-18H2,1-2H3,(H,29,34)/t25-/m0/s1. The molecule has 0 bridgehead atoms. The van der Waals surface area contributed by atoms with Crippen LogP contribution in [-0.2, 0) is 30.8 Å². The molecule has 3 rings (SSSR count). The summed E-state index contributed by atoms with van der Waals surface area (Å²) in [6, 6.07) is 18.3. The molecule has 0 aliphatic rings. The maximum absolute atomic E-state index is 12.4. The maximum Gasteiger partial charge on any atom is 0.224 e. The van der Waals surface area contributed by atoms with Gasteiger partial charge in [0.25, 0.3) is 0 Å². The van der Waals surface area contributed by atoms with E-state index in [1.165, 1.54) is 6.07 Å². The lowest BCUT2D eigenvalue weighted by molar-refractivity contribution is -0.120. The number of aliphatic hydroxyl groups is 2. The van der Waals surface area contributed by atoms with E-state index >= 15 is 0 Å². The predicted molar refractivity (Wildman–Crippen MR) is 131 cm³/mol. The van der Waals surface area contributed by atoms with Crippen molar-refractivity contribution in [1.29, 1.82) is 0 Å². The highest BCUT2D eigenvalue weighted by atomic mass is 16.3. The van der Waals surface area contributed by atoms with Crippen molar-refractivity contribution in [3.63, 3.8) is 0 Å². The van der Waals surface area contributed by atoms with Crippen LogP contribution in [0.25, 0.3) is 0 Å². The quantitative estimate of drug-likeness (QED) is 0.299. The third-order valence-corrected chi connectivity index (χ3v) is 5.63. The maximum atomic E-state index is 12.4. The molecular formula is C27H33N3O4. The van der Waals surface area contributed by atoms with Crippen LogP contribution in [0.3, 0.4) is 0 Å². The molecule has 1 heterocycles. The fraction of sp³-hybridized carbons (Fsp3) is 0.333. The molecule has 0 aliphatic carbocycles. The predicted octanol–water partition coefficient (Wildman–Crippen LogP) is 2.78. The molecule has 0 radical (unpaired) electrons. The zero-order chi connectivity index (χ0) is 24.6. The highest BCUT2D eigenvalue weighted by molar-refractivity contribution is 5.78. The molecule has 34 heavy (non-hydrogen) atoms. The molecule has 1 aromatic heterocycles. The molecule has 1 amide bonds. The van der Waals surface area contributed by atoms with Crippen LogP contribution >= 0.6 is 0 Å². The lowest BCUT2D eigenvalue weighted by Crippen LogP contribution is -2.43. The molecule has 1 atom stereocenters. The minimum absolute atomic E-state index is 0.0111. The number of nitrogens with zero attached hydrogens (tertiary/aromatic N) is 1. The summed E-state index contributed by atoms with van der Waals surface area (Å²) in [5.41, 5.74) is 3.55. The summed E-state index contributed by atoms with van der Waals surface area (Å²) in [4.78, 5) is 16.6. The normalized spacial score (nSPS) is 12.4. The van der Waals surface area contributed by atoms with Crippen LogP contribution in [0.1, 0.15) is 47.9 Å². The third-order valence-electron chi connectivity index (χ3n) is 5.63. The number of aliphatic hydroxyl groups excluding tert-OH is 2. The largest absolute Gasteiger partial charge is 0.508 e. The molecule has 5 N–H and O–H groups in total. The van der Waals surface area contributed by atoms with E-state index in [4.69, 9.17) is 0 Å². The van der Waals surface area contributed by atoms with Crippen molar-refractivity contribution in [3.05, 3.63) is 94.8 Å². The van der Waals surface area contributed by atoms with Gasteiger partial charge in [0, 0.05) is 23.8 Å². The van der Waals surface area contributed by atoms with Gasteiger partial charge in [-0.15, -0.1) is 0 Å². The second-order valence-corrected chi connectivity index (χ2v) is 9.10. The van der Waals surface area contributed by atoms with Gasteiger partial charge in [-0.05, 0) is 61.2 Å². The first-order valence-corrected chi connectivity index (χ1v) is 11.4. The van der Waals surface area contributed by atoms with Gasteiger partial charge in [-0.1, -0.05) is 36.4 Å². The van der Waals surface area contributed by atoms with Crippen molar-refractivity contribution in [2.45, 2.75) is 51.5 Å². The Morgan fingerprint density at radius 2 is 1.85 bits per heavy atom. The fourth-order valence-corrected chi connectivity index (χ4v) is 3.79. The number of pyridine rings is 1. The number of benzene rings is 2. The van der Waals surface area contributed by atoms with Crippen LogP contribution in [0.4, 0.5) is 0 Å². The van der Waals surface area contributed by atoms with Crippen molar-refractivity contribution >= 4 is 5.91 Å². The van der Waals surface area contributed by atoms with E-state index in [-0.39, 0.29) is 23.8 Å². The average molecular weight is 464 g/mol. The summed E-state index contributed by atoms with van der Waals surface area (Å²) in [5.74, 6) is -0.0449. The Bertz CT molecular complexity index is 1090. The van der Waals surface area contributed by atoms with Crippen LogP contribution in [0.15, 0.2) is 66.9 Å². The molecule has 7 nitrogen and oxygen atoms in total. The van der Waals surface area contributed by atoms with Crippen LogP contribution in [0, 0.1) is 0 Å². The lowest BCUT2D eigenvalue weighted by Gasteiger charge is -2.28. The summed E-state index contributed by atoms with van der Waals surface area (Å²) < 4.78 is 0. The van der Waals surface area contributed by atoms with Crippen LogP contribution in [0.5, 0.6) is 5.75 Å². The van der Waals surface area contributed by atoms with E-state index in [2.05, 4.69) is 29.5 Å². The van der Waals surface area contributed by atoms with Gasteiger partial charge >= 0.3 is 0 Å². The number of carbonyl (C=O) groups is 1. The highest BCUT2D eigenvalue weighted by Crippen LogP contribution is 2.23. The molecule has 0 aliphatic heterocycles. The number of β-amino-alcohol motifs (C(OH)–C–C–N with tert-alkyl or cyclic N) is 1. The van der Waals surface area contributed by atoms with Gasteiger partial charge in [-0.3, -0.25) is 9.78 Å². The fourth-order valence-electron chi connectivity index (χ4n) is 3.79. The second-order valence-electron chi connectivity index (χ2n) is 9.10. The molecule has 3 aromatic rings. The molecule has 0 spiro atoms. The third kappa shape index (κ3) is 7.66. The number of aromatic hydroxyl groups is 1. The van der Waals surface area contributed by atoms with Crippen molar-refractivity contribution in [2.75, 3.05) is 6.54 Å². The number of phenols is 1. The number of amides is 1. The Morgan fingerprint density at radius 3 is 2.59 bits per heavy atom. The molecule has 7 heteroatoms. The van der Waals surface area contributed by atoms with E-state index in [1.54, 1.807) is 18.3 Å². The summed E-state index contributed by atoms with van der Waals surface area (Å²) in [7, 11) is 0. The zero-order valence-electron chi connectivity index (χ0n) is 19.7. The van der Waals surface area contributed by atoms with E-state index in [0.717, 1.165) is 16.8 Å². The summed E-state index contributed by atoms with van der Waals surface area (Å²) >= 11 is 0. The van der Waals surface area contributed by atoms with E-state index in [0.29, 0.717) is 37.1 Å². The summed E-state index contributed by atoms with van der Waals surface area (Å²) in [6.07, 6.45) is 1.93. The van der Waals surface area contributed by atoms with Crippen molar-refractivity contribution in [2.24, 2.45) is 0 Å². The Kier molecular flexibility index (Phi) is 8.76. The first-order chi connectivity index (χ1) is 16.3. The molecule has 180 valence electrons. The van der Waals surface area contributed by atoms with Crippen LogP contribution in [0.2, 0.25) is 0 Å².